The number of amides is 1. The number of aromatic nitrogens is 2. The molecule has 1 aliphatic rings. The van der Waals surface area contributed by atoms with E-state index in [2.05, 4.69) is 4.98 Å². The summed E-state index contributed by atoms with van der Waals surface area (Å²) >= 11 is 0. The number of benzene rings is 3. The van der Waals surface area contributed by atoms with Gasteiger partial charge < -0.3 is 34.1 Å². The first-order valence-corrected chi connectivity index (χ1v) is 15.3. The molecular weight excluding hydrogens is 647 g/mol. The minimum atomic E-state index is -5.07. The van der Waals surface area contributed by atoms with Gasteiger partial charge in [-0.15, -0.1) is 0 Å². The average molecular weight is 684 g/mol. The lowest BCUT2D eigenvalue weighted by atomic mass is 9.80. The van der Waals surface area contributed by atoms with Crippen molar-refractivity contribution in [3.05, 3.63) is 124 Å². The second kappa shape index (κ2) is 15.2. The van der Waals surface area contributed by atoms with Gasteiger partial charge in [-0.05, 0) is 53.4 Å². The standard InChI is InChI=1S/C35H36F3N3O8/c1-22-19-40-33(44)41(20-22)31-30(47-18-17-39-32(43)35(36,37)38)29(42)28(49-31)21-48-34(23-7-5-4-6-8-23,24-9-13-26(45-2)14-10-24)25-11-15-27(46-3)16-12-25/h4-16,19-20,28-31,42H,17-18,21H2,1-3H3,(H,39,43)/t28-,29-,30-,31-/m1/s1. The Hall–Kier alpha value is -4.76. The number of carbonyl (C=O) groups is 1. The number of aliphatic hydroxyl groups excluding tert-OH is 1. The van der Waals surface area contributed by atoms with E-state index in [0.29, 0.717) is 17.1 Å². The highest BCUT2D eigenvalue weighted by molar-refractivity contribution is 5.81. The summed E-state index contributed by atoms with van der Waals surface area (Å²) in [7, 11) is 3.12. The lowest BCUT2D eigenvalue weighted by molar-refractivity contribution is -0.174. The van der Waals surface area contributed by atoms with E-state index in [1.807, 2.05) is 54.6 Å². The quantitative estimate of drug-likeness (QED) is 0.159. The van der Waals surface area contributed by atoms with E-state index in [1.54, 1.807) is 50.7 Å². The van der Waals surface area contributed by atoms with Gasteiger partial charge in [0.15, 0.2) is 6.23 Å². The first kappa shape index (κ1) is 35.5. The molecule has 3 aromatic carbocycles. The zero-order valence-corrected chi connectivity index (χ0v) is 26.9. The van der Waals surface area contributed by atoms with E-state index in [0.717, 1.165) is 21.3 Å². The molecular formula is C35H36F3N3O8. The van der Waals surface area contributed by atoms with Crippen LogP contribution in [0.4, 0.5) is 13.2 Å². The van der Waals surface area contributed by atoms with Gasteiger partial charge in [-0.3, -0.25) is 9.36 Å². The zero-order valence-electron chi connectivity index (χ0n) is 26.9. The fourth-order valence-corrected chi connectivity index (χ4v) is 5.72. The number of nitrogens with zero attached hydrogens (tertiary/aromatic N) is 2. The number of aliphatic hydroxyl groups is 1. The Bertz CT molecular complexity index is 1700. The molecule has 260 valence electrons. The Kier molecular flexibility index (Phi) is 11.0. The number of methoxy groups -OCH3 is 2. The lowest BCUT2D eigenvalue weighted by Gasteiger charge is -2.37. The second-order valence-electron chi connectivity index (χ2n) is 11.3. The van der Waals surface area contributed by atoms with Crippen LogP contribution in [0.25, 0.3) is 0 Å². The monoisotopic (exact) mass is 683 g/mol. The number of hydrogen-bond acceptors (Lipinski definition) is 9. The van der Waals surface area contributed by atoms with Gasteiger partial charge in [0, 0.05) is 18.9 Å². The topological polar surface area (TPSA) is 130 Å². The van der Waals surface area contributed by atoms with Crippen LogP contribution in [0.2, 0.25) is 0 Å². The summed E-state index contributed by atoms with van der Waals surface area (Å²) in [4.78, 5) is 28.0. The summed E-state index contributed by atoms with van der Waals surface area (Å²) in [6, 6.07) is 24.1. The number of ether oxygens (including phenoxy) is 5. The Morgan fingerprint density at radius 2 is 1.51 bits per heavy atom. The fourth-order valence-electron chi connectivity index (χ4n) is 5.72. The minimum absolute atomic E-state index is 0.233. The van der Waals surface area contributed by atoms with Crippen LogP contribution in [-0.2, 0) is 24.6 Å². The van der Waals surface area contributed by atoms with Crippen LogP contribution in [-0.4, -0.2) is 79.0 Å². The van der Waals surface area contributed by atoms with Crippen LogP contribution in [0.3, 0.4) is 0 Å². The van der Waals surface area contributed by atoms with Crippen molar-refractivity contribution in [3.63, 3.8) is 0 Å². The van der Waals surface area contributed by atoms with E-state index >= 15 is 0 Å². The molecule has 5 rings (SSSR count). The molecule has 1 saturated heterocycles. The van der Waals surface area contributed by atoms with Crippen molar-refractivity contribution in [3.8, 4) is 11.5 Å². The molecule has 2 heterocycles. The summed E-state index contributed by atoms with van der Waals surface area (Å²) in [5, 5.41) is 13.3. The van der Waals surface area contributed by atoms with Gasteiger partial charge >= 0.3 is 17.8 Å². The summed E-state index contributed by atoms with van der Waals surface area (Å²) in [5.41, 5.74) is 0.846. The van der Waals surface area contributed by atoms with E-state index in [4.69, 9.17) is 23.7 Å². The first-order chi connectivity index (χ1) is 23.5. The van der Waals surface area contributed by atoms with Crippen molar-refractivity contribution in [2.45, 2.75) is 43.2 Å². The molecule has 4 atom stereocenters. The van der Waals surface area contributed by atoms with Gasteiger partial charge in [0.2, 0.25) is 0 Å². The van der Waals surface area contributed by atoms with E-state index in [9.17, 15) is 27.9 Å². The highest BCUT2D eigenvalue weighted by atomic mass is 19.4. The maximum atomic E-state index is 12.8. The Balaban J connectivity index is 1.50. The van der Waals surface area contributed by atoms with Crippen molar-refractivity contribution in [1.82, 2.24) is 14.9 Å². The number of rotatable bonds is 13. The zero-order chi connectivity index (χ0) is 35.2. The molecule has 0 spiro atoms. The summed E-state index contributed by atoms with van der Waals surface area (Å²) in [6.07, 6.45) is -7.21. The minimum Gasteiger partial charge on any atom is -0.497 e. The molecule has 0 unspecified atom stereocenters. The van der Waals surface area contributed by atoms with Crippen molar-refractivity contribution in [1.29, 1.82) is 0 Å². The number of alkyl halides is 3. The van der Waals surface area contributed by atoms with Gasteiger partial charge in [0.25, 0.3) is 0 Å². The average Bonchev–Trinajstić information content (AvgIpc) is 3.42. The molecule has 1 fully saturated rings. The molecule has 1 aromatic heterocycles. The van der Waals surface area contributed by atoms with Crippen molar-refractivity contribution < 1.29 is 46.8 Å². The predicted molar refractivity (Wildman–Crippen MR) is 170 cm³/mol. The van der Waals surface area contributed by atoms with Crippen LogP contribution in [0.15, 0.2) is 96.1 Å². The third kappa shape index (κ3) is 7.78. The van der Waals surface area contributed by atoms with Crippen molar-refractivity contribution in [2.75, 3.05) is 34.0 Å². The smallest absolute Gasteiger partial charge is 0.471 e. The largest absolute Gasteiger partial charge is 0.497 e. The third-order valence-electron chi connectivity index (χ3n) is 8.12. The summed E-state index contributed by atoms with van der Waals surface area (Å²) in [5.74, 6) is -0.876. The number of aryl methyl sites for hydroxylation is 1. The first-order valence-electron chi connectivity index (χ1n) is 15.3. The summed E-state index contributed by atoms with van der Waals surface area (Å²) in [6.45, 7) is 0.539. The maximum Gasteiger partial charge on any atom is 0.471 e. The Morgan fingerprint density at radius 3 is 2.06 bits per heavy atom. The lowest BCUT2D eigenvalue weighted by Crippen LogP contribution is -2.42. The predicted octanol–water partition coefficient (Wildman–Crippen LogP) is 3.90. The molecule has 1 aliphatic heterocycles. The number of hydrogen-bond donors (Lipinski definition) is 2. The van der Waals surface area contributed by atoms with Gasteiger partial charge in [-0.2, -0.15) is 13.2 Å². The van der Waals surface area contributed by atoms with Gasteiger partial charge in [0.1, 0.15) is 35.4 Å². The molecule has 0 aliphatic carbocycles. The van der Waals surface area contributed by atoms with Crippen LogP contribution in [0, 0.1) is 6.92 Å². The van der Waals surface area contributed by atoms with Gasteiger partial charge in [-0.1, -0.05) is 54.6 Å². The van der Waals surface area contributed by atoms with Crippen LogP contribution in [0.1, 0.15) is 28.5 Å². The van der Waals surface area contributed by atoms with Crippen LogP contribution < -0.4 is 20.5 Å². The molecule has 4 aromatic rings. The van der Waals surface area contributed by atoms with Crippen molar-refractivity contribution >= 4 is 5.91 Å². The fraction of sp³-hybridized carbons (Fsp3) is 0.343. The number of nitrogens with one attached hydrogen (secondary N) is 1. The number of halogens is 3. The highest BCUT2D eigenvalue weighted by Crippen LogP contribution is 2.43. The van der Waals surface area contributed by atoms with Gasteiger partial charge in [-0.25, -0.2) is 9.78 Å². The number of carbonyl (C=O) groups excluding carboxylic acids is 1. The Morgan fingerprint density at radius 1 is 0.939 bits per heavy atom. The van der Waals surface area contributed by atoms with E-state index in [1.165, 1.54) is 12.4 Å². The molecule has 0 saturated carbocycles. The van der Waals surface area contributed by atoms with Crippen LogP contribution in [0.5, 0.6) is 11.5 Å². The van der Waals surface area contributed by atoms with Crippen LogP contribution >= 0.6 is 0 Å². The highest BCUT2D eigenvalue weighted by Gasteiger charge is 2.48. The second-order valence-corrected chi connectivity index (χ2v) is 11.3. The Labute approximate surface area is 280 Å². The molecule has 2 N–H and O–H groups in total. The summed E-state index contributed by atoms with van der Waals surface area (Å²) < 4.78 is 68.9. The normalized spacial score (nSPS) is 19.4. The molecule has 0 bridgehead atoms. The molecule has 1 amide bonds. The third-order valence-corrected chi connectivity index (χ3v) is 8.12. The molecule has 49 heavy (non-hydrogen) atoms. The maximum absolute atomic E-state index is 12.8. The molecule has 0 radical (unpaired) electrons. The van der Waals surface area contributed by atoms with Gasteiger partial charge in [0.05, 0.1) is 27.4 Å². The molecule has 11 nitrogen and oxygen atoms in total. The SMILES string of the molecule is COc1ccc(C(OC[C@H]2O[C@@H](n3cc(C)cnc3=O)[C@H](OCCNC(=O)C(F)(F)F)[C@@H]2O)(c2ccccc2)c2ccc(OC)cc2)cc1. The van der Waals surface area contributed by atoms with E-state index in [-0.39, 0.29) is 6.61 Å². The van der Waals surface area contributed by atoms with E-state index < -0.39 is 61.1 Å². The van der Waals surface area contributed by atoms with Crippen molar-refractivity contribution in [2.24, 2.45) is 0 Å². The molecule has 14 heteroatoms.